The van der Waals surface area contributed by atoms with E-state index in [9.17, 15) is 13.4 Å². The van der Waals surface area contributed by atoms with Crippen LogP contribution >= 0.6 is 11.6 Å². The Bertz CT molecular complexity index is 1080. The molecular weight excluding hydrogens is 439 g/mol. The fraction of sp³-hybridized carbons (Fsp3) is 0.261. The van der Waals surface area contributed by atoms with E-state index < -0.39 is 10.8 Å². The molecule has 1 fully saturated rings. The smallest absolute Gasteiger partial charge is 0.289 e. The molecule has 1 atom stereocenters. The number of carbonyl (C=O) groups excluding carboxylic acids is 1. The van der Waals surface area contributed by atoms with Gasteiger partial charge < -0.3 is 14.2 Å². The summed E-state index contributed by atoms with van der Waals surface area (Å²) in [4.78, 5) is 16.4. The third-order valence-corrected chi connectivity index (χ3v) is 6.69. The van der Waals surface area contributed by atoms with Crippen molar-refractivity contribution in [1.29, 1.82) is 0 Å². The van der Waals surface area contributed by atoms with Crippen LogP contribution in [0.15, 0.2) is 65.1 Å². The fourth-order valence-corrected chi connectivity index (χ4v) is 4.83. The molecular formula is C23H22ClFN2O3S. The van der Waals surface area contributed by atoms with Gasteiger partial charge in [0.25, 0.3) is 5.91 Å². The Morgan fingerprint density at radius 1 is 0.968 bits per heavy atom. The number of hydrogen-bond acceptors (Lipinski definition) is 4. The SMILES string of the molecule is O=C(c1ccc(C[S@@](=O)Cc2ccc(Cl)cc2)o1)N1CCN(c2ccccc2F)CC1. The molecule has 1 amide bonds. The Kier molecular flexibility index (Phi) is 6.73. The molecule has 1 saturated heterocycles. The Morgan fingerprint density at radius 2 is 1.68 bits per heavy atom. The Morgan fingerprint density at radius 3 is 2.39 bits per heavy atom. The van der Waals surface area contributed by atoms with Crippen LogP contribution in [0.2, 0.25) is 5.02 Å². The van der Waals surface area contributed by atoms with E-state index in [-0.39, 0.29) is 23.2 Å². The highest BCUT2D eigenvalue weighted by Crippen LogP contribution is 2.21. The van der Waals surface area contributed by atoms with Gasteiger partial charge in [-0.05, 0) is 42.0 Å². The van der Waals surface area contributed by atoms with Gasteiger partial charge in [0.1, 0.15) is 11.6 Å². The van der Waals surface area contributed by atoms with E-state index in [2.05, 4.69) is 0 Å². The number of furan rings is 1. The minimum Gasteiger partial charge on any atom is -0.455 e. The lowest BCUT2D eigenvalue weighted by Crippen LogP contribution is -2.49. The highest BCUT2D eigenvalue weighted by atomic mass is 35.5. The molecule has 1 aliphatic rings. The van der Waals surface area contributed by atoms with E-state index in [1.54, 1.807) is 47.4 Å². The molecule has 162 valence electrons. The largest absolute Gasteiger partial charge is 0.455 e. The van der Waals surface area contributed by atoms with Crippen molar-refractivity contribution in [2.24, 2.45) is 0 Å². The minimum absolute atomic E-state index is 0.206. The molecule has 1 aliphatic heterocycles. The number of amides is 1. The maximum Gasteiger partial charge on any atom is 0.289 e. The number of carbonyl (C=O) groups is 1. The zero-order valence-electron chi connectivity index (χ0n) is 16.8. The third-order valence-electron chi connectivity index (χ3n) is 5.18. The van der Waals surface area contributed by atoms with Crippen LogP contribution in [-0.4, -0.2) is 41.2 Å². The van der Waals surface area contributed by atoms with Crippen molar-refractivity contribution in [2.75, 3.05) is 31.1 Å². The van der Waals surface area contributed by atoms with Crippen LogP contribution in [0, 0.1) is 5.82 Å². The first-order chi connectivity index (χ1) is 15.0. The second-order valence-corrected chi connectivity index (χ2v) is 9.25. The molecule has 8 heteroatoms. The number of anilines is 1. The molecule has 1 aromatic heterocycles. The van der Waals surface area contributed by atoms with Gasteiger partial charge in [-0.3, -0.25) is 9.00 Å². The van der Waals surface area contributed by atoms with Crippen LogP contribution in [0.4, 0.5) is 10.1 Å². The number of nitrogens with zero attached hydrogens (tertiary/aromatic N) is 2. The zero-order chi connectivity index (χ0) is 21.8. The van der Waals surface area contributed by atoms with Crippen LogP contribution in [0.5, 0.6) is 0 Å². The number of piperazine rings is 1. The fourth-order valence-electron chi connectivity index (χ4n) is 3.56. The van der Waals surface area contributed by atoms with Gasteiger partial charge in [0.2, 0.25) is 0 Å². The lowest BCUT2D eigenvalue weighted by atomic mass is 10.2. The van der Waals surface area contributed by atoms with Crippen molar-refractivity contribution in [3.8, 4) is 0 Å². The van der Waals surface area contributed by atoms with E-state index in [0.29, 0.717) is 48.4 Å². The summed E-state index contributed by atoms with van der Waals surface area (Å²) in [5.74, 6) is 0.904. The van der Waals surface area contributed by atoms with Crippen molar-refractivity contribution in [2.45, 2.75) is 11.5 Å². The number of rotatable bonds is 6. The van der Waals surface area contributed by atoms with Crippen molar-refractivity contribution in [1.82, 2.24) is 4.90 Å². The van der Waals surface area contributed by atoms with Gasteiger partial charge in [0.15, 0.2) is 5.76 Å². The van der Waals surface area contributed by atoms with Gasteiger partial charge in [-0.2, -0.15) is 0 Å². The van der Waals surface area contributed by atoms with Crippen LogP contribution in [0.1, 0.15) is 21.9 Å². The standard InChI is InChI=1S/C23H22ClFN2O3S/c24-18-7-5-17(6-8-18)15-31(29)16-19-9-10-22(30-19)23(28)27-13-11-26(12-14-27)21-4-2-1-3-20(21)25/h1-10H,11-16H2/t31-/m0/s1. The molecule has 5 nitrogen and oxygen atoms in total. The van der Waals surface area contributed by atoms with Gasteiger partial charge in [0.05, 0.1) is 11.4 Å². The first kappa shape index (κ1) is 21.6. The van der Waals surface area contributed by atoms with Crippen LogP contribution in [-0.2, 0) is 22.3 Å². The number of benzene rings is 2. The van der Waals surface area contributed by atoms with E-state index in [4.69, 9.17) is 16.0 Å². The molecule has 0 N–H and O–H groups in total. The monoisotopic (exact) mass is 460 g/mol. The topological polar surface area (TPSA) is 53.8 Å². The summed E-state index contributed by atoms with van der Waals surface area (Å²) in [5.41, 5.74) is 1.48. The molecule has 4 rings (SSSR count). The van der Waals surface area contributed by atoms with E-state index >= 15 is 0 Å². The Balaban J connectivity index is 1.31. The normalized spacial score (nSPS) is 15.2. The average molecular weight is 461 g/mol. The third kappa shape index (κ3) is 5.35. The van der Waals surface area contributed by atoms with Gasteiger partial charge in [-0.15, -0.1) is 0 Å². The number of hydrogen-bond donors (Lipinski definition) is 0. The molecule has 31 heavy (non-hydrogen) atoms. The first-order valence-electron chi connectivity index (χ1n) is 9.96. The average Bonchev–Trinajstić information content (AvgIpc) is 3.23. The highest BCUT2D eigenvalue weighted by molar-refractivity contribution is 7.83. The summed E-state index contributed by atoms with van der Waals surface area (Å²) in [6.07, 6.45) is 0. The van der Waals surface area contributed by atoms with Crippen LogP contribution in [0.25, 0.3) is 0 Å². The lowest BCUT2D eigenvalue weighted by Gasteiger charge is -2.35. The van der Waals surface area contributed by atoms with E-state index in [0.717, 1.165) is 5.56 Å². The minimum atomic E-state index is -1.17. The second-order valence-electron chi connectivity index (χ2n) is 7.35. The van der Waals surface area contributed by atoms with Gasteiger partial charge >= 0.3 is 0 Å². The molecule has 2 heterocycles. The second kappa shape index (κ2) is 9.66. The number of halogens is 2. The summed E-state index contributed by atoms with van der Waals surface area (Å²) in [6, 6.07) is 17.2. The predicted octanol–water partition coefficient (Wildman–Crippen LogP) is 4.48. The zero-order valence-corrected chi connectivity index (χ0v) is 18.4. The predicted molar refractivity (Wildman–Crippen MR) is 120 cm³/mol. The van der Waals surface area contributed by atoms with Gasteiger partial charge in [-0.1, -0.05) is 35.9 Å². The van der Waals surface area contributed by atoms with Crippen molar-refractivity contribution >= 4 is 34.0 Å². The quantitative estimate of drug-likeness (QED) is 0.544. The van der Waals surface area contributed by atoms with Crippen molar-refractivity contribution in [3.63, 3.8) is 0 Å². The Labute approximate surface area is 187 Å². The molecule has 0 saturated carbocycles. The van der Waals surface area contributed by atoms with Crippen LogP contribution < -0.4 is 4.90 Å². The molecule has 0 radical (unpaired) electrons. The summed E-state index contributed by atoms with van der Waals surface area (Å²) >= 11 is 5.87. The molecule has 0 bridgehead atoms. The maximum atomic E-state index is 14.0. The number of para-hydroxylation sites is 1. The summed E-state index contributed by atoms with van der Waals surface area (Å²) in [7, 11) is -1.17. The van der Waals surface area contributed by atoms with Gasteiger partial charge in [-0.25, -0.2) is 4.39 Å². The van der Waals surface area contributed by atoms with Crippen molar-refractivity contribution < 1.29 is 17.8 Å². The molecule has 0 aliphatic carbocycles. The highest BCUT2D eigenvalue weighted by Gasteiger charge is 2.25. The molecule has 0 spiro atoms. The summed E-state index contributed by atoms with van der Waals surface area (Å²) < 4.78 is 32.1. The van der Waals surface area contributed by atoms with E-state index in [1.165, 1.54) is 6.07 Å². The summed E-state index contributed by atoms with van der Waals surface area (Å²) in [6.45, 7) is 2.05. The lowest BCUT2D eigenvalue weighted by molar-refractivity contribution is 0.0713. The Hall–Kier alpha value is -2.64. The molecule has 3 aromatic rings. The molecule has 2 aromatic carbocycles. The van der Waals surface area contributed by atoms with Crippen LogP contribution in [0.3, 0.4) is 0 Å². The van der Waals surface area contributed by atoms with E-state index in [1.807, 2.05) is 17.0 Å². The van der Waals surface area contributed by atoms with Crippen molar-refractivity contribution in [3.05, 3.63) is 88.6 Å². The molecule has 0 unspecified atom stereocenters. The van der Waals surface area contributed by atoms with Gasteiger partial charge in [0, 0.05) is 47.8 Å². The maximum absolute atomic E-state index is 14.0. The summed E-state index contributed by atoms with van der Waals surface area (Å²) in [5, 5.41) is 0.637. The first-order valence-corrected chi connectivity index (χ1v) is 11.8.